The average Bonchev–Trinajstić information content (AvgIpc) is 2.60. The summed E-state index contributed by atoms with van der Waals surface area (Å²) in [5.41, 5.74) is -0.892. The van der Waals surface area contributed by atoms with Gasteiger partial charge in [0.1, 0.15) is 5.75 Å². The summed E-state index contributed by atoms with van der Waals surface area (Å²) in [4.78, 5) is 12.3. The Hall–Kier alpha value is -2.21. The summed E-state index contributed by atoms with van der Waals surface area (Å²) in [6.45, 7) is 0. The highest BCUT2D eigenvalue weighted by atomic mass is 16.7. The molecule has 0 heterocycles. The summed E-state index contributed by atoms with van der Waals surface area (Å²) in [5, 5.41) is 9.77. The number of aromatic hydroxyl groups is 1. The van der Waals surface area contributed by atoms with E-state index < -0.39 is 11.4 Å². The van der Waals surface area contributed by atoms with Crippen molar-refractivity contribution >= 4 is 5.78 Å². The van der Waals surface area contributed by atoms with Gasteiger partial charge in [-0.1, -0.05) is 24.3 Å². The third kappa shape index (κ3) is 2.99. The predicted octanol–water partition coefficient (Wildman–Crippen LogP) is 2.63. The number of hydrogen-bond acceptors (Lipinski definition) is 5. The molecule has 0 fully saturated rings. The highest BCUT2D eigenvalue weighted by Crippen LogP contribution is 2.37. The summed E-state index contributed by atoms with van der Waals surface area (Å²) in [7, 11) is 4.50. The van der Waals surface area contributed by atoms with E-state index in [-0.39, 0.29) is 17.1 Å². The summed E-state index contributed by atoms with van der Waals surface area (Å²) in [5.74, 6) is -1.60. The van der Waals surface area contributed by atoms with Crippen molar-refractivity contribution in [3.63, 3.8) is 0 Å². The molecule has 23 heavy (non-hydrogen) atoms. The molecule has 0 aromatic heterocycles. The molecule has 2 rings (SSSR count). The number of hydrogen-bond donors (Lipinski definition) is 1. The average molecular weight is 316 g/mol. The van der Waals surface area contributed by atoms with E-state index in [4.69, 9.17) is 14.2 Å². The number of carbonyl (C=O) groups is 1. The van der Waals surface area contributed by atoms with E-state index in [1.54, 1.807) is 48.6 Å². The maximum Gasteiger partial charge on any atom is 0.225 e. The van der Waals surface area contributed by atoms with Crippen molar-refractivity contribution in [2.24, 2.45) is 0 Å². The van der Waals surface area contributed by atoms with Gasteiger partial charge in [-0.2, -0.15) is 0 Å². The highest BCUT2D eigenvalue weighted by Gasteiger charge is 2.49. The van der Waals surface area contributed by atoms with Crippen molar-refractivity contribution in [1.29, 1.82) is 0 Å². The lowest BCUT2D eigenvalue weighted by molar-refractivity contribution is -0.248. The molecule has 0 bridgehead atoms. The highest BCUT2D eigenvalue weighted by molar-refractivity contribution is 6.06. The Kier molecular flexibility index (Phi) is 5.15. The molecule has 0 amide bonds. The molecular weight excluding hydrogens is 296 g/mol. The van der Waals surface area contributed by atoms with Crippen LogP contribution in [0.4, 0.5) is 0 Å². The Bertz CT molecular complexity index is 655. The van der Waals surface area contributed by atoms with Gasteiger partial charge in [-0.3, -0.25) is 4.79 Å². The molecule has 122 valence electrons. The Morgan fingerprint density at radius 2 is 1.70 bits per heavy atom. The summed E-state index contributed by atoms with van der Waals surface area (Å²) >= 11 is 0. The second kappa shape index (κ2) is 6.91. The van der Waals surface area contributed by atoms with Gasteiger partial charge >= 0.3 is 0 Å². The maximum absolute atomic E-state index is 12.3. The van der Waals surface area contributed by atoms with Crippen LogP contribution >= 0.6 is 0 Å². The van der Waals surface area contributed by atoms with Crippen LogP contribution in [0, 0.1) is 0 Å². The smallest absolute Gasteiger partial charge is 0.225 e. The van der Waals surface area contributed by atoms with Crippen molar-refractivity contribution in [3.05, 3.63) is 66.3 Å². The van der Waals surface area contributed by atoms with Gasteiger partial charge in [0.25, 0.3) is 0 Å². The van der Waals surface area contributed by atoms with Crippen LogP contribution in [0.15, 0.2) is 60.7 Å². The van der Waals surface area contributed by atoms with E-state index in [0.717, 1.165) is 0 Å². The fourth-order valence-corrected chi connectivity index (χ4v) is 2.59. The Morgan fingerprint density at radius 3 is 2.30 bits per heavy atom. The lowest BCUT2D eigenvalue weighted by Crippen LogP contribution is -2.55. The van der Waals surface area contributed by atoms with Gasteiger partial charge in [-0.25, -0.2) is 0 Å². The zero-order valence-electron chi connectivity index (χ0n) is 13.4. The van der Waals surface area contributed by atoms with Crippen LogP contribution < -0.4 is 0 Å². The van der Waals surface area contributed by atoms with Crippen molar-refractivity contribution in [2.45, 2.75) is 11.4 Å². The SMILES string of the molecule is COC1(C=CC(=O)c2ccccc2O)C=CC=CC1(OC)OC. The number of carbonyl (C=O) groups excluding carboxylic acids is 1. The fourth-order valence-electron chi connectivity index (χ4n) is 2.59. The normalized spacial score (nSPS) is 22.6. The molecule has 1 aliphatic carbocycles. The molecule has 1 aromatic rings. The summed E-state index contributed by atoms with van der Waals surface area (Å²) < 4.78 is 16.6. The van der Waals surface area contributed by atoms with Gasteiger partial charge < -0.3 is 19.3 Å². The summed E-state index contributed by atoms with van der Waals surface area (Å²) in [6.07, 6.45) is 9.93. The van der Waals surface area contributed by atoms with Crippen LogP contribution in [0.2, 0.25) is 0 Å². The second-order valence-corrected chi connectivity index (χ2v) is 5.01. The minimum absolute atomic E-state index is 0.0718. The number of allylic oxidation sites excluding steroid dienone is 3. The van der Waals surface area contributed by atoms with Crippen LogP contribution in [0.5, 0.6) is 5.75 Å². The van der Waals surface area contributed by atoms with E-state index in [1.165, 1.54) is 33.5 Å². The standard InChI is InChI=1S/C18H20O5/c1-21-17(11-6-7-12-18(17,22-2)23-3)13-10-16(20)14-8-4-5-9-15(14)19/h4-13,19H,1-3H3. The first-order chi connectivity index (χ1) is 11.0. The van der Waals surface area contributed by atoms with Crippen LogP contribution in [-0.2, 0) is 14.2 Å². The van der Waals surface area contributed by atoms with Gasteiger partial charge in [0, 0.05) is 21.3 Å². The van der Waals surface area contributed by atoms with Crippen LogP contribution in [0.25, 0.3) is 0 Å². The Labute approximate surface area is 135 Å². The first-order valence-corrected chi connectivity index (χ1v) is 7.08. The van der Waals surface area contributed by atoms with Crippen LogP contribution in [0.1, 0.15) is 10.4 Å². The molecule has 1 unspecified atom stereocenters. The molecule has 0 aliphatic heterocycles. The van der Waals surface area contributed by atoms with Crippen LogP contribution in [0.3, 0.4) is 0 Å². The number of para-hydroxylation sites is 1. The molecule has 0 radical (unpaired) electrons. The first kappa shape index (κ1) is 17.1. The molecular formula is C18H20O5. The number of methoxy groups -OCH3 is 3. The topological polar surface area (TPSA) is 65.0 Å². The molecule has 1 N–H and O–H groups in total. The fraction of sp³-hybridized carbons (Fsp3) is 0.278. The minimum atomic E-state index is -1.19. The predicted molar refractivity (Wildman–Crippen MR) is 86.3 cm³/mol. The van der Waals surface area contributed by atoms with Crippen molar-refractivity contribution in [3.8, 4) is 5.75 Å². The van der Waals surface area contributed by atoms with E-state index in [0.29, 0.717) is 0 Å². The zero-order valence-corrected chi connectivity index (χ0v) is 13.4. The van der Waals surface area contributed by atoms with Crippen molar-refractivity contribution < 1.29 is 24.1 Å². The zero-order chi connectivity index (χ0) is 16.9. The van der Waals surface area contributed by atoms with Gasteiger partial charge in [-0.15, -0.1) is 0 Å². The number of ketones is 1. The Morgan fingerprint density at radius 1 is 1.04 bits per heavy atom. The quantitative estimate of drug-likeness (QED) is 0.496. The Balaban J connectivity index is 2.38. The van der Waals surface area contributed by atoms with E-state index in [2.05, 4.69) is 0 Å². The van der Waals surface area contributed by atoms with Crippen molar-refractivity contribution in [1.82, 2.24) is 0 Å². The monoisotopic (exact) mass is 316 g/mol. The third-order valence-corrected chi connectivity index (χ3v) is 3.91. The van der Waals surface area contributed by atoms with Gasteiger partial charge in [-0.05, 0) is 36.4 Å². The number of phenols is 1. The van der Waals surface area contributed by atoms with Gasteiger partial charge in [0.2, 0.25) is 5.79 Å². The number of rotatable bonds is 6. The largest absolute Gasteiger partial charge is 0.507 e. The molecule has 0 spiro atoms. The van der Waals surface area contributed by atoms with E-state index >= 15 is 0 Å². The lowest BCUT2D eigenvalue weighted by Gasteiger charge is -2.43. The second-order valence-electron chi connectivity index (χ2n) is 5.01. The lowest BCUT2D eigenvalue weighted by atomic mass is 9.87. The summed E-state index contributed by atoms with van der Waals surface area (Å²) in [6, 6.07) is 6.36. The molecule has 1 aliphatic rings. The molecule has 0 saturated carbocycles. The number of phenolic OH excluding ortho intramolecular Hbond substituents is 1. The minimum Gasteiger partial charge on any atom is -0.507 e. The van der Waals surface area contributed by atoms with Crippen molar-refractivity contribution in [2.75, 3.05) is 21.3 Å². The molecule has 0 saturated heterocycles. The number of ether oxygens (including phenoxy) is 3. The third-order valence-electron chi connectivity index (χ3n) is 3.91. The molecule has 5 heteroatoms. The maximum atomic E-state index is 12.3. The van der Waals surface area contributed by atoms with Gasteiger partial charge in [0.15, 0.2) is 11.4 Å². The van der Waals surface area contributed by atoms with E-state index in [1.807, 2.05) is 0 Å². The number of benzene rings is 1. The molecule has 1 aromatic carbocycles. The van der Waals surface area contributed by atoms with Crippen LogP contribution in [-0.4, -0.2) is 43.6 Å². The van der Waals surface area contributed by atoms with E-state index in [9.17, 15) is 9.90 Å². The first-order valence-electron chi connectivity index (χ1n) is 7.08. The molecule has 1 atom stereocenters. The molecule has 5 nitrogen and oxygen atoms in total. The van der Waals surface area contributed by atoms with Gasteiger partial charge in [0.05, 0.1) is 5.56 Å².